The van der Waals surface area contributed by atoms with Crippen molar-refractivity contribution in [2.24, 2.45) is 5.10 Å². The summed E-state index contributed by atoms with van der Waals surface area (Å²) in [6.45, 7) is 2.08. The number of methoxy groups -OCH3 is 1. The van der Waals surface area contributed by atoms with Crippen LogP contribution >= 0.6 is 0 Å². The molecule has 0 bridgehead atoms. The van der Waals surface area contributed by atoms with Gasteiger partial charge >= 0.3 is 0 Å². The Balaban J connectivity index is 1.76. The van der Waals surface area contributed by atoms with Gasteiger partial charge in [0.05, 0.1) is 13.3 Å². The lowest BCUT2D eigenvalue weighted by molar-refractivity contribution is 0.0955. The lowest BCUT2D eigenvalue weighted by atomic mass is 10.0. The highest BCUT2D eigenvalue weighted by Gasteiger charge is 2.04. The molecule has 1 N–H and O–H groups in total. The number of carbonyl (C=O) groups is 1. The van der Waals surface area contributed by atoms with Crippen molar-refractivity contribution in [3.63, 3.8) is 0 Å². The molecule has 0 heterocycles. The summed E-state index contributed by atoms with van der Waals surface area (Å²) in [7, 11) is 1.59. The van der Waals surface area contributed by atoms with E-state index in [4.69, 9.17) is 4.74 Å². The Labute approximate surface area is 140 Å². The summed E-state index contributed by atoms with van der Waals surface area (Å²) in [5.74, 6) is 0.450. The quantitative estimate of drug-likeness (QED) is 0.585. The number of amides is 1. The topological polar surface area (TPSA) is 50.7 Å². The zero-order valence-electron chi connectivity index (χ0n) is 13.6. The fourth-order valence-corrected chi connectivity index (χ4v) is 2.55. The largest absolute Gasteiger partial charge is 0.497 e. The zero-order chi connectivity index (χ0) is 16.9. The SMILES string of the molecule is COc1ccc(C(=O)N/N=C/c2ccc(C)c3ccccc23)cc1. The van der Waals surface area contributed by atoms with Gasteiger partial charge in [-0.15, -0.1) is 0 Å². The number of benzene rings is 3. The van der Waals surface area contributed by atoms with E-state index >= 15 is 0 Å². The molecule has 0 radical (unpaired) electrons. The second kappa shape index (κ2) is 6.96. The van der Waals surface area contributed by atoms with E-state index in [-0.39, 0.29) is 5.91 Å². The minimum Gasteiger partial charge on any atom is -0.497 e. The van der Waals surface area contributed by atoms with Crippen LogP contribution in [0.5, 0.6) is 5.75 Å². The van der Waals surface area contributed by atoms with Crippen LogP contribution < -0.4 is 10.2 Å². The monoisotopic (exact) mass is 318 g/mol. The van der Waals surface area contributed by atoms with Gasteiger partial charge in [-0.2, -0.15) is 5.10 Å². The fraction of sp³-hybridized carbons (Fsp3) is 0.100. The number of rotatable bonds is 4. The first kappa shape index (κ1) is 15.7. The first-order chi connectivity index (χ1) is 11.7. The summed E-state index contributed by atoms with van der Waals surface area (Å²) in [4.78, 5) is 12.1. The molecule has 4 nitrogen and oxygen atoms in total. The molecule has 0 aromatic heterocycles. The van der Waals surface area contributed by atoms with Crippen molar-refractivity contribution in [3.8, 4) is 5.75 Å². The maximum absolute atomic E-state index is 12.1. The van der Waals surface area contributed by atoms with Crippen LogP contribution in [0.4, 0.5) is 0 Å². The van der Waals surface area contributed by atoms with Gasteiger partial charge in [0.1, 0.15) is 5.75 Å². The van der Waals surface area contributed by atoms with Crippen molar-refractivity contribution < 1.29 is 9.53 Å². The number of hydrazone groups is 1. The lowest BCUT2D eigenvalue weighted by Crippen LogP contribution is -2.17. The van der Waals surface area contributed by atoms with E-state index in [9.17, 15) is 4.79 Å². The zero-order valence-corrected chi connectivity index (χ0v) is 13.6. The number of hydrogen-bond acceptors (Lipinski definition) is 3. The molecule has 0 saturated heterocycles. The summed E-state index contributed by atoms with van der Waals surface area (Å²) >= 11 is 0. The Kier molecular flexibility index (Phi) is 4.57. The van der Waals surface area contributed by atoms with Crippen LogP contribution in [0.3, 0.4) is 0 Å². The van der Waals surface area contributed by atoms with E-state index in [1.54, 1.807) is 37.6 Å². The number of carbonyl (C=O) groups excluding carboxylic acids is 1. The van der Waals surface area contributed by atoms with Crippen molar-refractivity contribution in [3.05, 3.63) is 77.4 Å². The average Bonchev–Trinajstić information content (AvgIpc) is 2.64. The third-order valence-electron chi connectivity index (χ3n) is 3.90. The minimum absolute atomic E-state index is 0.259. The van der Waals surface area contributed by atoms with E-state index < -0.39 is 0 Å². The third-order valence-corrected chi connectivity index (χ3v) is 3.90. The molecular weight excluding hydrogens is 300 g/mol. The molecular formula is C20H18N2O2. The number of ether oxygens (including phenoxy) is 1. The molecule has 120 valence electrons. The molecule has 0 atom stereocenters. The van der Waals surface area contributed by atoms with Gasteiger partial charge in [0.2, 0.25) is 0 Å². The van der Waals surface area contributed by atoms with Crippen LogP contribution in [0.1, 0.15) is 21.5 Å². The Morgan fingerprint density at radius 2 is 1.71 bits per heavy atom. The van der Waals surface area contributed by atoms with Crippen LogP contribution in [-0.4, -0.2) is 19.2 Å². The predicted octanol–water partition coefficient (Wildman–Crippen LogP) is 3.92. The number of aryl methyl sites for hydroxylation is 1. The molecule has 0 unspecified atom stereocenters. The van der Waals surface area contributed by atoms with Crippen molar-refractivity contribution in [1.29, 1.82) is 0 Å². The van der Waals surface area contributed by atoms with Gasteiger partial charge in [0.25, 0.3) is 5.91 Å². The molecule has 0 saturated carbocycles. The second-order valence-corrected chi connectivity index (χ2v) is 5.44. The number of nitrogens with one attached hydrogen (secondary N) is 1. The normalized spacial score (nSPS) is 10.9. The Morgan fingerprint density at radius 1 is 1.00 bits per heavy atom. The first-order valence-corrected chi connectivity index (χ1v) is 7.65. The van der Waals surface area contributed by atoms with Crippen molar-refractivity contribution in [2.75, 3.05) is 7.11 Å². The van der Waals surface area contributed by atoms with E-state index in [0.29, 0.717) is 11.3 Å². The highest BCUT2D eigenvalue weighted by Crippen LogP contribution is 2.21. The summed E-state index contributed by atoms with van der Waals surface area (Å²) in [6.07, 6.45) is 1.67. The standard InChI is InChI=1S/C20H18N2O2/c1-14-7-8-16(19-6-4-3-5-18(14)19)13-21-22-20(23)15-9-11-17(24-2)12-10-15/h3-13H,1-2H3,(H,22,23)/b21-13+. The summed E-state index contributed by atoms with van der Waals surface area (Å²) in [6, 6.07) is 19.1. The minimum atomic E-state index is -0.259. The smallest absolute Gasteiger partial charge is 0.271 e. The van der Waals surface area contributed by atoms with Crippen LogP contribution in [0.25, 0.3) is 10.8 Å². The molecule has 0 spiro atoms. The predicted molar refractivity (Wildman–Crippen MR) is 96.7 cm³/mol. The third kappa shape index (κ3) is 3.27. The fourth-order valence-electron chi connectivity index (χ4n) is 2.55. The summed E-state index contributed by atoms with van der Waals surface area (Å²) in [5, 5.41) is 6.38. The molecule has 0 fully saturated rings. The van der Waals surface area contributed by atoms with Gasteiger partial charge in [-0.05, 0) is 47.5 Å². The van der Waals surface area contributed by atoms with Crippen LogP contribution in [-0.2, 0) is 0 Å². The van der Waals surface area contributed by atoms with Crippen molar-refractivity contribution in [1.82, 2.24) is 5.43 Å². The van der Waals surface area contributed by atoms with Crippen LogP contribution in [0.2, 0.25) is 0 Å². The van der Waals surface area contributed by atoms with Gasteiger partial charge in [-0.25, -0.2) is 5.43 Å². The Morgan fingerprint density at radius 3 is 2.42 bits per heavy atom. The van der Waals surface area contributed by atoms with Gasteiger partial charge < -0.3 is 4.74 Å². The second-order valence-electron chi connectivity index (χ2n) is 5.44. The highest BCUT2D eigenvalue weighted by atomic mass is 16.5. The van der Waals surface area contributed by atoms with Crippen LogP contribution in [0, 0.1) is 6.92 Å². The van der Waals surface area contributed by atoms with Crippen LogP contribution in [0.15, 0.2) is 65.8 Å². The number of hydrogen-bond donors (Lipinski definition) is 1. The number of nitrogens with zero attached hydrogens (tertiary/aromatic N) is 1. The van der Waals surface area contributed by atoms with Gasteiger partial charge in [0.15, 0.2) is 0 Å². The molecule has 1 amide bonds. The molecule has 0 aliphatic heterocycles. The van der Waals surface area contributed by atoms with Gasteiger partial charge in [0, 0.05) is 11.1 Å². The Bertz CT molecular complexity index is 899. The first-order valence-electron chi connectivity index (χ1n) is 7.65. The molecule has 3 aromatic rings. The molecule has 24 heavy (non-hydrogen) atoms. The summed E-state index contributed by atoms with van der Waals surface area (Å²) < 4.78 is 5.08. The molecule has 0 aliphatic carbocycles. The molecule has 3 rings (SSSR count). The lowest BCUT2D eigenvalue weighted by Gasteiger charge is -2.05. The van der Waals surface area contributed by atoms with E-state index in [1.807, 2.05) is 18.2 Å². The van der Waals surface area contributed by atoms with Gasteiger partial charge in [-0.3, -0.25) is 4.79 Å². The average molecular weight is 318 g/mol. The van der Waals surface area contributed by atoms with Gasteiger partial charge in [-0.1, -0.05) is 36.4 Å². The highest BCUT2D eigenvalue weighted by molar-refractivity contribution is 6.01. The van der Waals surface area contributed by atoms with Crippen molar-refractivity contribution >= 4 is 22.9 Å². The van der Waals surface area contributed by atoms with Crippen molar-refractivity contribution in [2.45, 2.75) is 6.92 Å². The van der Waals surface area contributed by atoms with E-state index in [2.05, 4.69) is 35.7 Å². The number of fused-ring (bicyclic) bond motifs is 1. The summed E-state index contributed by atoms with van der Waals surface area (Å²) in [5.41, 5.74) is 5.26. The van der Waals surface area contributed by atoms with E-state index in [0.717, 1.165) is 10.9 Å². The molecule has 0 aliphatic rings. The maximum Gasteiger partial charge on any atom is 0.271 e. The molecule has 3 aromatic carbocycles. The molecule has 4 heteroatoms. The van der Waals surface area contributed by atoms with E-state index in [1.165, 1.54) is 10.9 Å². The maximum atomic E-state index is 12.1. The Hall–Kier alpha value is -3.14.